The second kappa shape index (κ2) is 5.07. The van der Waals surface area contributed by atoms with Gasteiger partial charge in [0.05, 0.1) is 0 Å². The van der Waals surface area contributed by atoms with E-state index in [0.717, 1.165) is 17.3 Å². The van der Waals surface area contributed by atoms with Crippen molar-refractivity contribution in [2.45, 2.75) is 39.7 Å². The molecule has 0 aliphatic rings. The lowest BCUT2D eigenvalue weighted by Gasteiger charge is -2.14. The van der Waals surface area contributed by atoms with Gasteiger partial charge in [0.2, 0.25) is 0 Å². The maximum atomic E-state index is 5.55. The fraction of sp³-hybridized carbons (Fsp3) is 0.636. The molecular weight excluding hydrogens is 188 g/mol. The zero-order valence-electron chi connectivity index (χ0n) is 9.91. The van der Waals surface area contributed by atoms with Crippen molar-refractivity contribution < 1.29 is 0 Å². The Morgan fingerprint density at radius 3 is 2.53 bits per heavy atom. The molecule has 0 bridgehead atoms. The molecule has 0 saturated carbocycles. The van der Waals surface area contributed by atoms with Crippen molar-refractivity contribution in [1.82, 2.24) is 9.97 Å². The quantitative estimate of drug-likeness (QED) is 0.790. The summed E-state index contributed by atoms with van der Waals surface area (Å²) in [7, 11) is 0. The number of nitrogens with one attached hydrogen (secondary N) is 1. The Morgan fingerprint density at radius 2 is 2.00 bits per heavy atom. The molecule has 0 fully saturated rings. The van der Waals surface area contributed by atoms with Crippen LogP contribution in [0.2, 0.25) is 0 Å². The first-order chi connectivity index (χ1) is 7.02. The van der Waals surface area contributed by atoms with Crippen LogP contribution in [-0.2, 0) is 0 Å². The van der Waals surface area contributed by atoms with Crippen molar-refractivity contribution in [3.05, 3.63) is 17.6 Å². The molecular formula is C11H20N4. The van der Waals surface area contributed by atoms with Crippen LogP contribution in [-0.4, -0.2) is 22.6 Å². The Balaban J connectivity index is 2.88. The van der Waals surface area contributed by atoms with Crippen LogP contribution in [0.15, 0.2) is 6.07 Å². The Kier molecular flexibility index (Phi) is 4.03. The minimum atomic E-state index is 0.235. The predicted octanol–water partition coefficient (Wildman–Crippen LogP) is 1.67. The van der Waals surface area contributed by atoms with E-state index in [2.05, 4.69) is 29.1 Å². The van der Waals surface area contributed by atoms with E-state index >= 15 is 0 Å². The van der Waals surface area contributed by atoms with E-state index in [0.29, 0.717) is 12.5 Å². The van der Waals surface area contributed by atoms with E-state index in [4.69, 9.17) is 5.73 Å². The monoisotopic (exact) mass is 208 g/mol. The van der Waals surface area contributed by atoms with Crippen LogP contribution in [0.5, 0.6) is 0 Å². The lowest BCUT2D eigenvalue weighted by Crippen LogP contribution is -2.26. The molecule has 84 valence electrons. The van der Waals surface area contributed by atoms with E-state index in [1.165, 1.54) is 0 Å². The van der Waals surface area contributed by atoms with E-state index < -0.39 is 0 Å². The molecule has 4 heteroatoms. The van der Waals surface area contributed by atoms with E-state index in [1.807, 2.05) is 19.9 Å². The first-order valence-corrected chi connectivity index (χ1v) is 5.35. The summed E-state index contributed by atoms with van der Waals surface area (Å²) in [5.41, 5.74) is 6.54. The van der Waals surface area contributed by atoms with Gasteiger partial charge in [0, 0.05) is 30.3 Å². The van der Waals surface area contributed by atoms with Crippen LogP contribution >= 0.6 is 0 Å². The lowest BCUT2D eigenvalue weighted by molar-refractivity contribution is 0.752. The second-order valence-electron chi connectivity index (χ2n) is 4.19. The molecule has 1 atom stereocenters. The lowest BCUT2D eigenvalue weighted by atomic mass is 10.2. The van der Waals surface area contributed by atoms with Crippen molar-refractivity contribution in [3.63, 3.8) is 0 Å². The number of aromatic nitrogens is 2. The minimum Gasteiger partial charge on any atom is -0.366 e. The van der Waals surface area contributed by atoms with Gasteiger partial charge in [-0.05, 0) is 13.8 Å². The summed E-state index contributed by atoms with van der Waals surface area (Å²) in [4.78, 5) is 8.83. The number of nitrogens with zero attached hydrogens (tertiary/aromatic N) is 2. The predicted molar refractivity (Wildman–Crippen MR) is 63.0 cm³/mol. The Labute approximate surface area is 91.3 Å². The van der Waals surface area contributed by atoms with Crippen molar-refractivity contribution >= 4 is 5.82 Å². The van der Waals surface area contributed by atoms with Crippen LogP contribution in [0.25, 0.3) is 0 Å². The van der Waals surface area contributed by atoms with Gasteiger partial charge in [0.1, 0.15) is 11.6 Å². The molecule has 0 radical (unpaired) electrons. The molecule has 0 saturated heterocycles. The molecule has 0 aliphatic carbocycles. The maximum absolute atomic E-state index is 5.55. The van der Waals surface area contributed by atoms with Crippen molar-refractivity contribution in [3.8, 4) is 0 Å². The largest absolute Gasteiger partial charge is 0.366 e. The van der Waals surface area contributed by atoms with Crippen LogP contribution in [0.1, 0.15) is 38.2 Å². The normalized spacial score (nSPS) is 12.9. The zero-order valence-corrected chi connectivity index (χ0v) is 9.91. The summed E-state index contributed by atoms with van der Waals surface area (Å²) >= 11 is 0. The molecule has 3 N–H and O–H groups in total. The van der Waals surface area contributed by atoms with Crippen LogP contribution in [0.3, 0.4) is 0 Å². The number of anilines is 1. The average molecular weight is 208 g/mol. The van der Waals surface area contributed by atoms with Crippen molar-refractivity contribution in [2.24, 2.45) is 5.73 Å². The third-order valence-electron chi connectivity index (χ3n) is 2.14. The first-order valence-electron chi connectivity index (χ1n) is 5.35. The third-order valence-corrected chi connectivity index (χ3v) is 2.14. The zero-order chi connectivity index (χ0) is 11.4. The Morgan fingerprint density at radius 1 is 1.33 bits per heavy atom. The summed E-state index contributed by atoms with van der Waals surface area (Å²) in [6.45, 7) is 8.79. The maximum Gasteiger partial charge on any atom is 0.133 e. The highest BCUT2D eigenvalue weighted by Gasteiger charge is 2.07. The molecule has 4 nitrogen and oxygen atoms in total. The van der Waals surface area contributed by atoms with Gasteiger partial charge in [-0.2, -0.15) is 0 Å². The first kappa shape index (κ1) is 11.9. The SMILES string of the molecule is Cc1cc(NC(C)CN)nc(C(C)C)n1. The highest BCUT2D eigenvalue weighted by atomic mass is 15.1. The fourth-order valence-electron chi connectivity index (χ4n) is 1.24. The van der Waals surface area contributed by atoms with Crippen molar-refractivity contribution in [1.29, 1.82) is 0 Å². The van der Waals surface area contributed by atoms with Gasteiger partial charge in [-0.15, -0.1) is 0 Å². The molecule has 15 heavy (non-hydrogen) atoms. The van der Waals surface area contributed by atoms with Gasteiger partial charge >= 0.3 is 0 Å². The van der Waals surface area contributed by atoms with Gasteiger partial charge in [0.15, 0.2) is 0 Å². The van der Waals surface area contributed by atoms with Gasteiger partial charge < -0.3 is 11.1 Å². The minimum absolute atomic E-state index is 0.235. The van der Waals surface area contributed by atoms with Gasteiger partial charge in [-0.1, -0.05) is 13.8 Å². The number of rotatable bonds is 4. The highest BCUT2D eigenvalue weighted by Crippen LogP contribution is 2.13. The molecule has 1 aromatic rings. The molecule has 1 unspecified atom stereocenters. The van der Waals surface area contributed by atoms with Crippen LogP contribution < -0.4 is 11.1 Å². The average Bonchev–Trinajstić information content (AvgIpc) is 2.16. The molecule has 1 rings (SSSR count). The summed E-state index contributed by atoms with van der Waals surface area (Å²) in [6.07, 6.45) is 0. The molecule has 0 aromatic carbocycles. The summed E-state index contributed by atoms with van der Waals surface area (Å²) in [6, 6.07) is 2.18. The molecule has 1 heterocycles. The number of nitrogens with two attached hydrogens (primary N) is 1. The number of hydrogen-bond donors (Lipinski definition) is 2. The molecule has 0 aliphatic heterocycles. The third kappa shape index (κ3) is 3.47. The number of aryl methyl sites for hydroxylation is 1. The number of hydrogen-bond acceptors (Lipinski definition) is 4. The van der Waals surface area contributed by atoms with Gasteiger partial charge in [-0.3, -0.25) is 0 Å². The molecule has 0 spiro atoms. The Bertz CT molecular complexity index is 322. The summed E-state index contributed by atoms with van der Waals surface area (Å²) in [5, 5.41) is 3.25. The fourth-order valence-corrected chi connectivity index (χ4v) is 1.24. The molecule has 1 aromatic heterocycles. The standard InChI is InChI=1S/C11H20N4/c1-7(2)11-14-8(3)5-10(15-11)13-9(4)6-12/h5,7,9H,6,12H2,1-4H3,(H,13,14,15). The van der Waals surface area contributed by atoms with E-state index in [1.54, 1.807) is 0 Å². The van der Waals surface area contributed by atoms with Crippen LogP contribution in [0.4, 0.5) is 5.82 Å². The molecule has 0 amide bonds. The smallest absolute Gasteiger partial charge is 0.133 e. The Hall–Kier alpha value is -1.16. The van der Waals surface area contributed by atoms with Gasteiger partial charge in [-0.25, -0.2) is 9.97 Å². The second-order valence-corrected chi connectivity index (χ2v) is 4.19. The topological polar surface area (TPSA) is 63.8 Å². The summed E-state index contributed by atoms with van der Waals surface area (Å²) < 4.78 is 0. The van der Waals surface area contributed by atoms with E-state index in [9.17, 15) is 0 Å². The van der Waals surface area contributed by atoms with Crippen LogP contribution in [0, 0.1) is 6.92 Å². The highest BCUT2D eigenvalue weighted by molar-refractivity contribution is 5.37. The van der Waals surface area contributed by atoms with Crippen molar-refractivity contribution in [2.75, 3.05) is 11.9 Å². The summed E-state index contributed by atoms with van der Waals surface area (Å²) in [5.74, 6) is 2.09. The van der Waals surface area contributed by atoms with E-state index in [-0.39, 0.29) is 6.04 Å². The van der Waals surface area contributed by atoms with Gasteiger partial charge in [0.25, 0.3) is 0 Å².